The van der Waals surface area contributed by atoms with E-state index in [4.69, 9.17) is 4.52 Å². The van der Waals surface area contributed by atoms with Crippen LogP contribution < -0.4 is 0 Å². The van der Waals surface area contributed by atoms with Gasteiger partial charge in [0.25, 0.3) is 0 Å². The van der Waals surface area contributed by atoms with Crippen molar-refractivity contribution < 1.29 is 13.7 Å². The largest absolute Gasteiger partial charge is 0.337 e. The van der Waals surface area contributed by atoms with Gasteiger partial charge >= 0.3 is 0 Å². The van der Waals surface area contributed by atoms with Crippen LogP contribution in [0.3, 0.4) is 0 Å². The number of carbonyl (C=O) groups excluding carboxylic acids is 1. The average Bonchev–Trinajstić information content (AvgIpc) is 3.22. The molecule has 0 bridgehead atoms. The number of benzene rings is 1. The summed E-state index contributed by atoms with van der Waals surface area (Å²) in [6, 6.07) is 11.5. The lowest BCUT2D eigenvalue weighted by Crippen LogP contribution is -2.34. The summed E-state index contributed by atoms with van der Waals surface area (Å²) in [7, 11) is 0. The molecular weight excluding hydrogens is 371 g/mol. The van der Waals surface area contributed by atoms with Gasteiger partial charge in [-0.05, 0) is 42.7 Å². The van der Waals surface area contributed by atoms with Crippen LogP contribution in [0, 0.1) is 5.82 Å². The van der Waals surface area contributed by atoms with E-state index in [1.165, 1.54) is 12.1 Å². The van der Waals surface area contributed by atoms with Crippen molar-refractivity contribution in [1.29, 1.82) is 0 Å². The highest BCUT2D eigenvalue weighted by molar-refractivity contribution is 5.77. The van der Waals surface area contributed by atoms with Crippen LogP contribution in [0.4, 0.5) is 4.39 Å². The van der Waals surface area contributed by atoms with E-state index in [2.05, 4.69) is 15.1 Å². The second-order valence-corrected chi connectivity index (χ2v) is 7.08. The second-order valence-electron chi connectivity index (χ2n) is 7.08. The molecule has 29 heavy (non-hydrogen) atoms. The van der Waals surface area contributed by atoms with Crippen molar-refractivity contribution in [2.75, 3.05) is 0 Å². The van der Waals surface area contributed by atoms with E-state index in [-0.39, 0.29) is 24.1 Å². The molecule has 0 aliphatic rings. The first-order valence-corrected chi connectivity index (χ1v) is 9.75. The summed E-state index contributed by atoms with van der Waals surface area (Å²) in [6.45, 7) is 6.11. The molecule has 152 valence electrons. The fourth-order valence-corrected chi connectivity index (χ4v) is 3.11. The molecule has 6 nitrogen and oxygen atoms in total. The third kappa shape index (κ3) is 5.25. The molecule has 0 saturated heterocycles. The highest BCUT2D eigenvalue weighted by Gasteiger charge is 2.27. The lowest BCUT2D eigenvalue weighted by Gasteiger charge is -2.28. The number of aromatic nitrogens is 3. The van der Waals surface area contributed by atoms with E-state index in [1.807, 2.05) is 39.0 Å². The molecule has 2 unspecified atom stereocenters. The Balaban J connectivity index is 1.80. The summed E-state index contributed by atoms with van der Waals surface area (Å²) in [5.74, 6) is 0.602. The van der Waals surface area contributed by atoms with E-state index in [0.29, 0.717) is 24.7 Å². The van der Waals surface area contributed by atoms with Crippen LogP contribution in [0.25, 0.3) is 0 Å². The van der Waals surface area contributed by atoms with Crippen molar-refractivity contribution in [3.8, 4) is 0 Å². The van der Waals surface area contributed by atoms with Gasteiger partial charge in [-0.3, -0.25) is 9.78 Å². The molecule has 2 aromatic heterocycles. The summed E-state index contributed by atoms with van der Waals surface area (Å²) < 4.78 is 18.6. The standard InChI is InChI=1S/C22H25FN4O2/c1-4-20-25-22(29-26-20)16(3)27(14-19-7-5-6-12-24-19)21(28)13-15(2)17-8-10-18(23)11-9-17/h5-12,15-16H,4,13-14H2,1-3H3. The van der Waals surface area contributed by atoms with Gasteiger partial charge in [0.1, 0.15) is 11.9 Å². The van der Waals surface area contributed by atoms with Gasteiger partial charge in [-0.1, -0.05) is 37.2 Å². The first kappa shape index (κ1) is 20.6. The number of nitrogens with zero attached hydrogens (tertiary/aromatic N) is 4. The summed E-state index contributed by atoms with van der Waals surface area (Å²) in [5.41, 5.74) is 1.69. The van der Waals surface area contributed by atoms with Gasteiger partial charge in [0.05, 0.1) is 12.2 Å². The van der Waals surface area contributed by atoms with E-state index in [1.54, 1.807) is 23.2 Å². The van der Waals surface area contributed by atoms with Gasteiger partial charge in [0.15, 0.2) is 5.82 Å². The molecule has 3 rings (SSSR count). The molecule has 0 radical (unpaired) electrons. The van der Waals surface area contributed by atoms with Crippen LogP contribution in [-0.4, -0.2) is 25.9 Å². The summed E-state index contributed by atoms with van der Waals surface area (Å²) >= 11 is 0. The maximum Gasteiger partial charge on any atom is 0.249 e. The molecule has 7 heteroatoms. The number of hydrogen-bond acceptors (Lipinski definition) is 5. The van der Waals surface area contributed by atoms with Crippen LogP contribution in [0.2, 0.25) is 0 Å². The zero-order chi connectivity index (χ0) is 20.8. The number of amides is 1. The Hall–Kier alpha value is -3.09. The van der Waals surface area contributed by atoms with Gasteiger partial charge in [-0.25, -0.2) is 4.39 Å². The molecule has 0 fully saturated rings. The normalized spacial score (nSPS) is 13.1. The van der Waals surface area contributed by atoms with Crippen LogP contribution in [-0.2, 0) is 17.8 Å². The Morgan fingerprint density at radius 1 is 1.17 bits per heavy atom. The number of aryl methyl sites for hydroxylation is 1. The summed E-state index contributed by atoms with van der Waals surface area (Å²) in [6.07, 6.45) is 2.63. The fraction of sp³-hybridized carbons (Fsp3) is 0.364. The summed E-state index contributed by atoms with van der Waals surface area (Å²) in [5, 5.41) is 3.95. The van der Waals surface area contributed by atoms with Gasteiger partial charge < -0.3 is 9.42 Å². The number of carbonyl (C=O) groups is 1. The van der Waals surface area contributed by atoms with Crippen LogP contribution in [0.5, 0.6) is 0 Å². The van der Waals surface area contributed by atoms with Gasteiger partial charge in [0, 0.05) is 19.0 Å². The minimum atomic E-state index is -0.391. The van der Waals surface area contributed by atoms with Gasteiger partial charge in [-0.15, -0.1) is 0 Å². The van der Waals surface area contributed by atoms with Crippen molar-refractivity contribution >= 4 is 5.91 Å². The smallest absolute Gasteiger partial charge is 0.249 e. The Morgan fingerprint density at radius 3 is 2.55 bits per heavy atom. The zero-order valence-corrected chi connectivity index (χ0v) is 16.9. The van der Waals surface area contributed by atoms with Crippen molar-refractivity contribution in [2.45, 2.75) is 52.1 Å². The highest BCUT2D eigenvalue weighted by Crippen LogP contribution is 2.26. The van der Waals surface area contributed by atoms with Crippen molar-refractivity contribution in [1.82, 2.24) is 20.0 Å². The first-order valence-electron chi connectivity index (χ1n) is 9.75. The van der Waals surface area contributed by atoms with Crippen molar-refractivity contribution in [2.24, 2.45) is 0 Å². The second kappa shape index (κ2) is 9.41. The molecule has 2 atom stereocenters. The average molecular weight is 396 g/mol. The minimum absolute atomic E-state index is 0.0590. The molecule has 0 N–H and O–H groups in total. The van der Waals surface area contributed by atoms with E-state index in [0.717, 1.165) is 11.3 Å². The van der Waals surface area contributed by atoms with Crippen LogP contribution in [0.1, 0.15) is 62.1 Å². The third-order valence-corrected chi connectivity index (χ3v) is 4.92. The molecule has 2 heterocycles. The lowest BCUT2D eigenvalue weighted by molar-refractivity contribution is -0.135. The summed E-state index contributed by atoms with van der Waals surface area (Å²) in [4.78, 5) is 23.7. The number of rotatable bonds is 8. The molecule has 0 aliphatic heterocycles. The quantitative estimate of drug-likeness (QED) is 0.562. The molecule has 0 saturated carbocycles. The van der Waals surface area contributed by atoms with E-state index in [9.17, 15) is 9.18 Å². The van der Waals surface area contributed by atoms with E-state index < -0.39 is 6.04 Å². The third-order valence-electron chi connectivity index (χ3n) is 4.92. The number of pyridine rings is 1. The SMILES string of the molecule is CCc1noc(C(C)N(Cc2ccccn2)C(=O)CC(C)c2ccc(F)cc2)n1. The Bertz CT molecular complexity index is 928. The molecule has 3 aromatic rings. The molecule has 1 amide bonds. The topological polar surface area (TPSA) is 72.1 Å². The maximum atomic E-state index is 13.2. The fourth-order valence-electron chi connectivity index (χ4n) is 3.11. The zero-order valence-electron chi connectivity index (χ0n) is 16.9. The number of hydrogen-bond donors (Lipinski definition) is 0. The minimum Gasteiger partial charge on any atom is -0.337 e. The van der Waals surface area contributed by atoms with E-state index >= 15 is 0 Å². The van der Waals surface area contributed by atoms with Crippen molar-refractivity contribution in [3.63, 3.8) is 0 Å². The predicted molar refractivity (Wildman–Crippen MR) is 106 cm³/mol. The van der Waals surface area contributed by atoms with Gasteiger partial charge in [0.2, 0.25) is 11.8 Å². The first-order chi connectivity index (χ1) is 14.0. The highest BCUT2D eigenvalue weighted by atomic mass is 19.1. The Morgan fingerprint density at radius 2 is 1.93 bits per heavy atom. The molecule has 1 aromatic carbocycles. The number of halogens is 1. The molecule has 0 spiro atoms. The van der Waals surface area contributed by atoms with Crippen LogP contribution in [0.15, 0.2) is 53.2 Å². The maximum absolute atomic E-state index is 13.2. The monoisotopic (exact) mass is 396 g/mol. The van der Waals surface area contributed by atoms with Crippen LogP contribution >= 0.6 is 0 Å². The Labute approximate surface area is 169 Å². The Kier molecular flexibility index (Phi) is 6.69. The lowest BCUT2D eigenvalue weighted by atomic mass is 9.97. The molecule has 0 aliphatic carbocycles. The predicted octanol–water partition coefficient (Wildman–Crippen LogP) is 4.45. The molecular formula is C22H25FN4O2. The van der Waals surface area contributed by atoms with Gasteiger partial charge in [-0.2, -0.15) is 4.98 Å². The van der Waals surface area contributed by atoms with Crippen molar-refractivity contribution in [3.05, 3.63) is 77.5 Å².